The van der Waals surface area contributed by atoms with E-state index < -0.39 is 0 Å². The number of benzene rings is 2. The highest BCUT2D eigenvalue weighted by Crippen LogP contribution is 2.38. The van der Waals surface area contributed by atoms with Crippen molar-refractivity contribution in [2.24, 2.45) is 0 Å². The standard InChI is InChI=1S/C31H33N5O5/c1-3-30(37)36-11-8-21(9-12-36)34-26-16-23-24(17-29(26)41-22-10-14-39-18-22)32-19-33-31(23)35-25-15-20(6-7-28(25)38-2)27-5-4-13-40-27/h3-7,13,15-17,19,21-22,34H,1,8-12,14,18H2,2H3,(H,32,33,35). The third-order valence-electron chi connectivity index (χ3n) is 7.52. The lowest BCUT2D eigenvalue weighted by Crippen LogP contribution is -2.41. The van der Waals surface area contributed by atoms with Crippen molar-refractivity contribution in [2.75, 3.05) is 44.0 Å². The number of furan rings is 1. The molecule has 0 saturated carbocycles. The molecule has 2 aliphatic rings. The highest BCUT2D eigenvalue weighted by Gasteiger charge is 2.25. The Bertz CT molecular complexity index is 1530. The molecule has 2 aromatic heterocycles. The number of rotatable bonds is 9. The van der Waals surface area contributed by atoms with Crippen LogP contribution < -0.4 is 20.1 Å². The van der Waals surface area contributed by atoms with E-state index in [-0.39, 0.29) is 18.1 Å². The van der Waals surface area contributed by atoms with Crippen molar-refractivity contribution in [3.05, 3.63) is 67.7 Å². The van der Waals surface area contributed by atoms with Crippen LogP contribution in [-0.4, -0.2) is 66.3 Å². The maximum absolute atomic E-state index is 12.1. The minimum Gasteiger partial charge on any atom is -0.495 e. The van der Waals surface area contributed by atoms with E-state index in [1.807, 2.05) is 47.4 Å². The maximum atomic E-state index is 12.1. The number of nitrogens with one attached hydrogen (secondary N) is 2. The number of amides is 1. The van der Waals surface area contributed by atoms with Gasteiger partial charge in [-0.2, -0.15) is 0 Å². The smallest absolute Gasteiger partial charge is 0.245 e. The fourth-order valence-corrected chi connectivity index (χ4v) is 5.30. The Balaban J connectivity index is 1.33. The summed E-state index contributed by atoms with van der Waals surface area (Å²) in [4.78, 5) is 23.0. The number of carbonyl (C=O) groups excluding carboxylic acids is 1. The van der Waals surface area contributed by atoms with Gasteiger partial charge in [0.2, 0.25) is 5.91 Å². The van der Waals surface area contributed by atoms with Gasteiger partial charge in [-0.1, -0.05) is 6.58 Å². The first-order valence-electron chi connectivity index (χ1n) is 13.8. The second-order valence-electron chi connectivity index (χ2n) is 10.2. The highest BCUT2D eigenvalue weighted by molar-refractivity contribution is 5.95. The zero-order valence-corrected chi connectivity index (χ0v) is 23.0. The van der Waals surface area contributed by atoms with E-state index in [2.05, 4.69) is 27.2 Å². The molecular formula is C31H33N5O5. The molecule has 41 heavy (non-hydrogen) atoms. The Kier molecular flexibility index (Phi) is 7.73. The van der Waals surface area contributed by atoms with Gasteiger partial charge in [0.15, 0.2) is 0 Å². The number of likely N-dealkylation sites (tertiary alicyclic amines) is 1. The summed E-state index contributed by atoms with van der Waals surface area (Å²) in [5, 5.41) is 7.97. The Morgan fingerprint density at radius 1 is 1.10 bits per heavy atom. The fourth-order valence-electron chi connectivity index (χ4n) is 5.30. The number of carbonyl (C=O) groups is 1. The molecule has 2 saturated heterocycles. The van der Waals surface area contributed by atoms with Gasteiger partial charge < -0.3 is 34.2 Å². The van der Waals surface area contributed by atoms with E-state index in [0.717, 1.165) is 58.6 Å². The van der Waals surface area contributed by atoms with Crippen LogP contribution in [0.4, 0.5) is 17.2 Å². The van der Waals surface area contributed by atoms with Crippen LogP contribution >= 0.6 is 0 Å². The average Bonchev–Trinajstić information content (AvgIpc) is 3.73. The number of fused-ring (bicyclic) bond motifs is 1. The first-order valence-corrected chi connectivity index (χ1v) is 13.8. The third kappa shape index (κ3) is 5.83. The van der Waals surface area contributed by atoms with Gasteiger partial charge >= 0.3 is 0 Å². The van der Waals surface area contributed by atoms with E-state index in [0.29, 0.717) is 37.9 Å². The molecule has 1 unspecified atom stereocenters. The zero-order chi connectivity index (χ0) is 28.2. The summed E-state index contributed by atoms with van der Waals surface area (Å²) >= 11 is 0. The normalized spacial score (nSPS) is 17.4. The quantitative estimate of drug-likeness (QED) is 0.262. The average molecular weight is 556 g/mol. The molecule has 0 radical (unpaired) electrons. The summed E-state index contributed by atoms with van der Waals surface area (Å²) in [6.45, 7) is 6.20. The number of aromatic nitrogens is 2. The van der Waals surface area contributed by atoms with Crippen LogP contribution in [0.2, 0.25) is 0 Å². The van der Waals surface area contributed by atoms with Crippen molar-refractivity contribution in [3.8, 4) is 22.8 Å². The number of nitrogens with zero attached hydrogens (tertiary/aromatic N) is 3. The topological polar surface area (TPSA) is 111 Å². The monoisotopic (exact) mass is 555 g/mol. The Labute approximate surface area is 238 Å². The predicted octanol–water partition coefficient (Wildman–Crippen LogP) is 5.40. The molecule has 0 spiro atoms. The summed E-state index contributed by atoms with van der Waals surface area (Å²) in [6, 6.07) is 13.8. The van der Waals surface area contributed by atoms with Gasteiger partial charge in [0.25, 0.3) is 0 Å². The highest BCUT2D eigenvalue weighted by atomic mass is 16.5. The van der Waals surface area contributed by atoms with Gasteiger partial charge in [-0.25, -0.2) is 9.97 Å². The number of anilines is 3. The molecule has 2 aromatic carbocycles. The zero-order valence-electron chi connectivity index (χ0n) is 23.0. The van der Waals surface area contributed by atoms with Crippen LogP contribution in [0.15, 0.2) is 72.1 Å². The molecule has 2 aliphatic heterocycles. The van der Waals surface area contributed by atoms with Crippen molar-refractivity contribution in [1.82, 2.24) is 14.9 Å². The Hall–Kier alpha value is -4.57. The van der Waals surface area contributed by atoms with Crippen LogP contribution in [-0.2, 0) is 9.53 Å². The summed E-state index contributed by atoms with van der Waals surface area (Å²) in [5.74, 6) is 2.76. The van der Waals surface area contributed by atoms with Gasteiger partial charge in [-0.3, -0.25) is 4.79 Å². The molecule has 1 atom stereocenters. The Morgan fingerprint density at radius 3 is 2.71 bits per heavy atom. The molecule has 1 amide bonds. The van der Waals surface area contributed by atoms with E-state index in [4.69, 9.17) is 18.6 Å². The van der Waals surface area contributed by atoms with E-state index in [1.54, 1.807) is 13.4 Å². The van der Waals surface area contributed by atoms with Crippen LogP contribution in [0.3, 0.4) is 0 Å². The molecule has 6 rings (SSSR count). The van der Waals surface area contributed by atoms with E-state index >= 15 is 0 Å². The summed E-state index contributed by atoms with van der Waals surface area (Å²) in [6.07, 6.45) is 7.01. The van der Waals surface area contributed by atoms with Crippen LogP contribution in [0.25, 0.3) is 22.2 Å². The van der Waals surface area contributed by atoms with Gasteiger partial charge in [0, 0.05) is 42.6 Å². The summed E-state index contributed by atoms with van der Waals surface area (Å²) in [7, 11) is 1.64. The minimum atomic E-state index is -0.0289. The number of ether oxygens (including phenoxy) is 3. The predicted molar refractivity (Wildman–Crippen MR) is 157 cm³/mol. The van der Waals surface area contributed by atoms with E-state index in [1.165, 1.54) is 12.4 Å². The molecule has 10 heteroatoms. The molecule has 0 aliphatic carbocycles. The molecule has 2 fully saturated rings. The molecule has 10 nitrogen and oxygen atoms in total. The second-order valence-corrected chi connectivity index (χ2v) is 10.2. The van der Waals surface area contributed by atoms with Gasteiger partial charge in [-0.15, -0.1) is 0 Å². The molecule has 2 N–H and O–H groups in total. The fraction of sp³-hybridized carbons (Fsp3) is 0.323. The first-order chi connectivity index (χ1) is 20.1. The number of hydrogen-bond donors (Lipinski definition) is 2. The summed E-state index contributed by atoms with van der Waals surface area (Å²) < 4.78 is 23.2. The molecule has 212 valence electrons. The van der Waals surface area contributed by atoms with E-state index in [9.17, 15) is 4.79 Å². The van der Waals surface area contributed by atoms with Crippen LogP contribution in [0.1, 0.15) is 19.3 Å². The summed E-state index contributed by atoms with van der Waals surface area (Å²) in [5.41, 5.74) is 3.26. The lowest BCUT2D eigenvalue weighted by Gasteiger charge is -2.32. The molecule has 4 heterocycles. The third-order valence-corrected chi connectivity index (χ3v) is 7.52. The first kappa shape index (κ1) is 26.6. The van der Waals surface area contributed by atoms with Gasteiger partial charge in [0.05, 0.1) is 43.5 Å². The largest absolute Gasteiger partial charge is 0.495 e. The maximum Gasteiger partial charge on any atom is 0.245 e. The van der Waals surface area contributed by atoms with Crippen molar-refractivity contribution in [1.29, 1.82) is 0 Å². The lowest BCUT2D eigenvalue weighted by molar-refractivity contribution is -0.126. The van der Waals surface area contributed by atoms with Crippen molar-refractivity contribution >= 4 is 34.0 Å². The van der Waals surface area contributed by atoms with Gasteiger partial charge in [0.1, 0.15) is 35.5 Å². The molecular weight excluding hydrogens is 522 g/mol. The number of hydrogen-bond acceptors (Lipinski definition) is 9. The Morgan fingerprint density at radius 2 is 1.98 bits per heavy atom. The number of methoxy groups -OCH3 is 1. The lowest BCUT2D eigenvalue weighted by atomic mass is 10.0. The number of piperidine rings is 1. The second kappa shape index (κ2) is 11.9. The van der Waals surface area contributed by atoms with Crippen LogP contribution in [0, 0.1) is 0 Å². The molecule has 4 aromatic rings. The molecule has 0 bridgehead atoms. The van der Waals surface area contributed by atoms with Crippen molar-refractivity contribution in [3.63, 3.8) is 0 Å². The van der Waals surface area contributed by atoms with Gasteiger partial charge in [-0.05, 0) is 55.3 Å². The minimum absolute atomic E-state index is 0.0203. The van der Waals surface area contributed by atoms with Crippen LogP contribution in [0.5, 0.6) is 11.5 Å². The van der Waals surface area contributed by atoms with Crippen molar-refractivity contribution in [2.45, 2.75) is 31.4 Å². The SMILES string of the molecule is C=CC(=O)N1CCC(Nc2cc3c(Nc4cc(-c5ccco5)ccc4OC)ncnc3cc2OC2CCOC2)CC1. The van der Waals surface area contributed by atoms with Crippen molar-refractivity contribution < 1.29 is 23.4 Å².